The lowest BCUT2D eigenvalue weighted by atomic mass is 10.0. The van der Waals surface area contributed by atoms with Crippen molar-refractivity contribution in [1.82, 2.24) is 0 Å². The van der Waals surface area contributed by atoms with Crippen LogP contribution in [0.2, 0.25) is 0 Å². The standard InChI is InChI=1S/C74H142O6/c1-4-7-10-13-16-19-22-24-26-28-30-32-34-35-36-37-38-40-41-43-45-47-49-52-55-58-61-64-67-73(76)79-70-71(69-78-72(75)66-63-60-57-54-51-21-18-15-12-9-6-3)80-74(77)68-65-62-59-56-53-50-48-46-44-42-39-33-31-29-27-25-23-20-17-14-11-8-5-2/h29,31,71H,4-28,30,32-70H2,1-3H3/b31-29-. The fraction of sp³-hybridized carbons (Fsp3) is 0.932. The van der Waals surface area contributed by atoms with E-state index in [1.54, 1.807) is 0 Å². The summed E-state index contributed by atoms with van der Waals surface area (Å²) in [5, 5.41) is 0. The number of unbranched alkanes of at least 4 members (excludes halogenated alkanes) is 56. The minimum absolute atomic E-state index is 0.0632. The summed E-state index contributed by atoms with van der Waals surface area (Å²) in [6, 6.07) is 0. The van der Waals surface area contributed by atoms with Crippen molar-refractivity contribution in [2.24, 2.45) is 0 Å². The molecule has 0 amide bonds. The zero-order valence-corrected chi connectivity index (χ0v) is 54.6. The lowest BCUT2D eigenvalue weighted by Crippen LogP contribution is -2.30. The Bertz CT molecular complexity index is 1250. The zero-order valence-electron chi connectivity index (χ0n) is 54.6. The number of hydrogen-bond acceptors (Lipinski definition) is 6. The van der Waals surface area contributed by atoms with Crippen molar-refractivity contribution in [2.75, 3.05) is 13.2 Å². The molecule has 1 unspecified atom stereocenters. The zero-order chi connectivity index (χ0) is 57.8. The van der Waals surface area contributed by atoms with E-state index in [-0.39, 0.29) is 31.1 Å². The van der Waals surface area contributed by atoms with Crippen molar-refractivity contribution < 1.29 is 28.6 Å². The minimum Gasteiger partial charge on any atom is -0.462 e. The van der Waals surface area contributed by atoms with Crippen LogP contribution in [0.15, 0.2) is 12.2 Å². The molecular weight excluding hydrogens is 985 g/mol. The van der Waals surface area contributed by atoms with Crippen LogP contribution in [0.5, 0.6) is 0 Å². The summed E-state index contributed by atoms with van der Waals surface area (Å²) < 4.78 is 17.0. The normalized spacial score (nSPS) is 12.0. The topological polar surface area (TPSA) is 78.9 Å². The highest BCUT2D eigenvalue weighted by Crippen LogP contribution is 2.19. The number of carbonyl (C=O) groups is 3. The maximum atomic E-state index is 12.9. The molecule has 474 valence electrons. The first-order valence-electron chi connectivity index (χ1n) is 36.7. The molecule has 6 nitrogen and oxygen atoms in total. The third kappa shape index (κ3) is 66.9. The fourth-order valence-electron chi connectivity index (χ4n) is 11.5. The van der Waals surface area contributed by atoms with Crippen LogP contribution in [0.25, 0.3) is 0 Å². The number of ether oxygens (including phenoxy) is 3. The highest BCUT2D eigenvalue weighted by Gasteiger charge is 2.20. The second-order valence-electron chi connectivity index (χ2n) is 25.2. The van der Waals surface area contributed by atoms with Gasteiger partial charge >= 0.3 is 17.9 Å². The molecule has 0 aromatic rings. The van der Waals surface area contributed by atoms with Crippen molar-refractivity contribution in [3.05, 3.63) is 12.2 Å². The summed E-state index contributed by atoms with van der Waals surface area (Å²) in [5.41, 5.74) is 0. The van der Waals surface area contributed by atoms with E-state index in [0.29, 0.717) is 19.3 Å². The first-order chi connectivity index (χ1) is 39.5. The molecule has 0 radical (unpaired) electrons. The molecule has 6 heteroatoms. The van der Waals surface area contributed by atoms with Gasteiger partial charge in [0, 0.05) is 19.3 Å². The van der Waals surface area contributed by atoms with E-state index >= 15 is 0 Å². The van der Waals surface area contributed by atoms with Crippen molar-refractivity contribution in [3.63, 3.8) is 0 Å². The van der Waals surface area contributed by atoms with E-state index in [4.69, 9.17) is 14.2 Å². The maximum Gasteiger partial charge on any atom is 0.306 e. The molecule has 0 aliphatic carbocycles. The first-order valence-corrected chi connectivity index (χ1v) is 36.7. The molecule has 0 saturated carbocycles. The van der Waals surface area contributed by atoms with E-state index in [1.807, 2.05) is 0 Å². The van der Waals surface area contributed by atoms with Gasteiger partial charge < -0.3 is 14.2 Å². The van der Waals surface area contributed by atoms with Gasteiger partial charge in [-0.2, -0.15) is 0 Å². The van der Waals surface area contributed by atoms with Crippen LogP contribution < -0.4 is 0 Å². The van der Waals surface area contributed by atoms with Gasteiger partial charge in [0.15, 0.2) is 6.10 Å². The molecule has 80 heavy (non-hydrogen) atoms. The Morgan fingerprint density at radius 3 is 0.625 bits per heavy atom. The van der Waals surface area contributed by atoms with Crippen molar-refractivity contribution in [3.8, 4) is 0 Å². The lowest BCUT2D eigenvalue weighted by Gasteiger charge is -2.18. The second kappa shape index (κ2) is 69.6. The van der Waals surface area contributed by atoms with E-state index in [0.717, 1.165) is 57.8 Å². The third-order valence-corrected chi connectivity index (χ3v) is 17.0. The molecule has 0 rings (SSSR count). The second-order valence-corrected chi connectivity index (χ2v) is 25.2. The molecule has 0 fully saturated rings. The van der Waals surface area contributed by atoms with E-state index < -0.39 is 6.10 Å². The Hall–Kier alpha value is -1.85. The summed E-state index contributed by atoms with van der Waals surface area (Å²) >= 11 is 0. The largest absolute Gasteiger partial charge is 0.462 e. The molecule has 0 bridgehead atoms. The Morgan fingerprint density at radius 1 is 0.237 bits per heavy atom. The third-order valence-electron chi connectivity index (χ3n) is 17.0. The average Bonchev–Trinajstić information content (AvgIpc) is 3.46. The summed E-state index contributed by atoms with van der Waals surface area (Å²) in [6.07, 6.45) is 84.1. The molecule has 0 aromatic heterocycles. The van der Waals surface area contributed by atoms with Gasteiger partial charge in [0.05, 0.1) is 0 Å². The molecule has 0 heterocycles. The molecule has 0 spiro atoms. The lowest BCUT2D eigenvalue weighted by molar-refractivity contribution is -0.167. The van der Waals surface area contributed by atoms with Gasteiger partial charge in [-0.3, -0.25) is 14.4 Å². The predicted octanol–water partition coefficient (Wildman–Crippen LogP) is 25.2. The summed E-state index contributed by atoms with van der Waals surface area (Å²) in [5.74, 6) is -0.830. The molecule has 0 saturated heterocycles. The van der Waals surface area contributed by atoms with Crippen LogP contribution in [0, 0.1) is 0 Å². The molecule has 1 atom stereocenters. The van der Waals surface area contributed by atoms with Crippen LogP contribution in [-0.2, 0) is 28.6 Å². The van der Waals surface area contributed by atoms with E-state index in [9.17, 15) is 14.4 Å². The molecule has 0 aliphatic heterocycles. The summed E-state index contributed by atoms with van der Waals surface area (Å²) in [4.78, 5) is 38.4. The van der Waals surface area contributed by atoms with E-state index in [1.165, 1.54) is 327 Å². The number of rotatable bonds is 69. The number of carbonyl (C=O) groups excluding carboxylic acids is 3. The SMILES string of the molecule is CCCCCCCCCC/C=C\CCCCCCCCCCCCCC(=O)OC(COC(=O)CCCCCCCCCCCCC)COC(=O)CCCCCCCCCCCCCCCCCCCCCCCCCCCCCC. The van der Waals surface area contributed by atoms with Crippen molar-refractivity contribution in [2.45, 2.75) is 431 Å². The highest BCUT2D eigenvalue weighted by atomic mass is 16.6. The van der Waals surface area contributed by atoms with E-state index in [2.05, 4.69) is 32.9 Å². The van der Waals surface area contributed by atoms with Crippen molar-refractivity contribution >= 4 is 17.9 Å². The van der Waals surface area contributed by atoms with Crippen molar-refractivity contribution in [1.29, 1.82) is 0 Å². The van der Waals surface area contributed by atoms with Gasteiger partial charge in [-0.1, -0.05) is 373 Å². The molecule has 0 aliphatic rings. The number of allylic oxidation sites excluding steroid dienone is 2. The van der Waals surface area contributed by atoms with Gasteiger partial charge in [-0.15, -0.1) is 0 Å². The minimum atomic E-state index is -0.766. The Kier molecular flexibility index (Phi) is 68.0. The maximum absolute atomic E-state index is 12.9. The van der Waals surface area contributed by atoms with Crippen LogP contribution >= 0.6 is 0 Å². The quantitative estimate of drug-likeness (QED) is 0.0261. The predicted molar refractivity (Wildman–Crippen MR) is 349 cm³/mol. The van der Waals surface area contributed by atoms with Gasteiger partial charge in [-0.05, 0) is 44.9 Å². The van der Waals surface area contributed by atoms with Gasteiger partial charge in [-0.25, -0.2) is 0 Å². The Balaban J connectivity index is 4.12. The molecule has 0 aromatic carbocycles. The monoisotopic (exact) mass is 1130 g/mol. The fourth-order valence-corrected chi connectivity index (χ4v) is 11.5. The highest BCUT2D eigenvalue weighted by molar-refractivity contribution is 5.71. The van der Waals surface area contributed by atoms with Crippen LogP contribution in [0.4, 0.5) is 0 Å². The Labute approximate surface area is 501 Å². The average molecular weight is 1130 g/mol. The molecule has 0 N–H and O–H groups in total. The van der Waals surface area contributed by atoms with Crippen LogP contribution in [0.1, 0.15) is 425 Å². The van der Waals surface area contributed by atoms with Gasteiger partial charge in [0.2, 0.25) is 0 Å². The van der Waals surface area contributed by atoms with Crippen LogP contribution in [-0.4, -0.2) is 37.2 Å². The number of esters is 3. The number of hydrogen-bond donors (Lipinski definition) is 0. The van der Waals surface area contributed by atoms with Crippen LogP contribution in [0.3, 0.4) is 0 Å². The van der Waals surface area contributed by atoms with Gasteiger partial charge in [0.25, 0.3) is 0 Å². The Morgan fingerprint density at radius 2 is 0.412 bits per heavy atom. The molecular formula is C74H142O6. The summed E-state index contributed by atoms with van der Waals surface area (Å²) in [6.45, 7) is 6.72. The first kappa shape index (κ1) is 78.1. The summed E-state index contributed by atoms with van der Waals surface area (Å²) in [7, 11) is 0. The smallest absolute Gasteiger partial charge is 0.306 e. The van der Waals surface area contributed by atoms with Gasteiger partial charge in [0.1, 0.15) is 13.2 Å².